The van der Waals surface area contributed by atoms with Crippen molar-refractivity contribution in [2.24, 2.45) is 0 Å². The molecule has 3 aliphatic rings. The molecule has 0 aliphatic carbocycles. The molecule has 1 spiro atoms. The second-order valence-electron chi connectivity index (χ2n) is 8.62. The Morgan fingerprint density at radius 2 is 1.93 bits per heavy atom. The van der Waals surface area contributed by atoms with Gasteiger partial charge in [-0.1, -0.05) is 12.1 Å². The zero-order chi connectivity index (χ0) is 21.1. The molecule has 2 amide bonds. The number of para-hydroxylation sites is 2. The van der Waals surface area contributed by atoms with Crippen molar-refractivity contribution in [3.63, 3.8) is 0 Å². The molecule has 0 saturated carbocycles. The quantitative estimate of drug-likeness (QED) is 0.728. The highest BCUT2D eigenvalue weighted by Crippen LogP contribution is 2.33. The maximum absolute atomic E-state index is 12.5. The van der Waals surface area contributed by atoms with Gasteiger partial charge >= 0.3 is 0 Å². The van der Waals surface area contributed by atoms with Crippen molar-refractivity contribution in [2.75, 3.05) is 60.0 Å². The van der Waals surface area contributed by atoms with E-state index >= 15 is 0 Å². The number of ether oxygens (including phenoxy) is 3. The fourth-order valence-corrected chi connectivity index (χ4v) is 4.33. The SMILES string of the molecule is CN(C)C(=O)CN1CC2(CCN(CC3COc4ccccc4O3)CC2)OCCC1=O. The lowest BCUT2D eigenvalue weighted by Gasteiger charge is -2.43. The first-order chi connectivity index (χ1) is 14.4. The van der Waals surface area contributed by atoms with E-state index < -0.39 is 0 Å². The van der Waals surface area contributed by atoms with Crippen LogP contribution in [0.15, 0.2) is 24.3 Å². The van der Waals surface area contributed by atoms with Gasteiger partial charge in [-0.15, -0.1) is 0 Å². The molecule has 3 aliphatic heterocycles. The van der Waals surface area contributed by atoms with Crippen molar-refractivity contribution < 1.29 is 23.8 Å². The summed E-state index contributed by atoms with van der Waals surface area (Å²) in [5.41, 5.74) is -0.369. The van der Waals surface area contributed by atoms with E-state index in [1.54, 1.807) is 19.0 Å². The fourth-order valence-electron chi connectivity index (χ4n) is 4.33. The Labute approximate surface area is 177 Å². The van der Waals surface area contributed by atoms with Gasteiger partial charge in [-0.3, -0.25) is 14.5 Å². The standard InChI is InChI=1S/C22H31N3O5/c1-23(2)21(27)14-25-16-22(29-12-7-20(25)26)8-10-24(11-9-22)13-17-15-28-18-5-3-4-6-19(18)30-17/h3-6,17H,7-16H2,1-2H3. The van der Waals surface area contributed by atoms with Crippen molar-refractivity contribution in [3.05, 3.63) is 24.3 Å². The normalized spacial score (nSPS) is 23.9. The molecule has 1 atom stereocenters. The van der Waals surface area contributed by atoms with Crippen molar-refractivity contribution in [1.29, 1.82) is 0 Å². The van der Waals surface area contributed by atoms with Crippen LogP contribution in [0.25, 0.3) is 0 Å². The summed E-state index contributed by atoms with van der Waals surface area (Å²) in [5, 5.41) is 0. The van der Waals surface area contributed by atoms with Gasteiger partial charge in [0, 0.05) is 33.7 Å². The van der Waals surface area contributed by atoms with E-state index in [1.807, 2.05) is 24.3 Å². The Bertz CT molecular complexity index is 776. The van der Waals surface area contributed by atoms with Crippen LogP contribution in [-0.2, 0) is 14.3 Å². The zero-order valence-corrected chi connectivity index (χ0v) is 17.8. The summed E-state index contributed by atoms with van der Waals surface area (Å²) >= 11 is 0. The minimum Gasteiger partial charge on any atom is -0.486 e. The summed E-state index contributed by atoms with van der Waals surface area (Å²) in [6.07, 6.45) is 1.99. The van der Waals surface area contributed by atoms with Crippen LogP contribution in [0.2, 0.25) is 0 Å². The number of rotatable bonds is 4. The first-order valence-corrected chi connectivity index (χ1v) is 10.7. The minimum absolute atomic E-state index is 0.000193. The minimum atomic E-state index is -0.369. The summed E-state index contributed by atoms with van der Waals surface area (Å²) in [5.74, 6) is 1.53. The monoisotopic (exact) mass is 417 g/mol. The van der Waals surface area contributed by atoms with E-state index in [0.29, 0.717) is 26.2 Å². The smallest absolute Gasteiger partial charge is 0.241 e. The molecule has 30 heavy (non-hydrogen) atoms. The van der Waals surface area contributed by atoms with E-state index in [1.165, 1.54) is 4.90 Å². The lowest BCUT2D eigenvalue weighted by Crippen LogP contribution is -2.54. The predicted octanol–water partition coefficient (Wildman–Crippen LogP) is 0.998. The Morgan fingerprint density at radius 1 is 1.20 bits per heavy atom. The van der Waals surface area contributed by atoms with Gasteiger partial charge in [0.25, 0.3) is 0 Å². The Kier molecular flexibility index (Phi) is 6.15. The van der Waals surface area contributed by atoms with Gasteiger partial charge in [0.05, 0.1) is 31.7 Å². The van der Waals surface area contributed by atoms with Gasteiger partial charge in [-0.25, -0.2) is 0 Å². The molecule has 2 saturated heterocycles. The van der Waals surface area contributed by atoms with E-state index in [4.69, 9.17) is 14.2 Å². The maximum Gasteiger partial charge on any atom is 0.241 e. The van der Waals surface area contributed by atoms with Crippen molar-refractivity contribution in [1.82, 2.24) is 14.7 Å². The molecule has 1 unspecified atom stereocenters. The molecular weight excluding hydrogens is 386 g/mol. The number of likely N-dealkylation sites (N-methyl/N-ethyl adjacent to an activating group) is 1. The van der Waals surface area contributed by atoms with Crippen molar-refractivity contribution in [3.8, 4) is 11.5 Å². The van der Waals surface area contributed by atoms with Crippen LogP contribution >= 0.6 is 0 Å². The number of hydrogen-bond donors (Lipinski definition) is 0. The molecule has 0 N–H and O–H groups in total. The number of nitrogens with zero attached hydrogens (tertiary/aromatic N) is 3. The summed E-state index contributed by atoms with van der Waals surface area (Å²) in [4.78, 5) is 30.2. The van der Waals surface area contributed by atoms with E-state index in [9.17, 15) is 9.59 Å². The zero-order valence-electron chi connectivity index (χ0n) is 17.8. The van der Waals surface area contributed by atoms with Crippen LogP contribution in [0.4, 0.5) is 0 Å². The Hall–Kier alpha value is -2.32. The van der Waals surface area contributed by atoms with Crippen LogP contribution in [0, 0.1) is 0 Å². The molecule has 0 bridgehead atoms. The van der Waals surface area contributed by atoms with E-state index in [-0.39, 0.29) is 30.1 Å². The average Bonchev–Trinajstić information content (AvgIpc) is 2.88. The van der Waals surface area contributed by atoms with Crippen LogP contribution < -0.4 is 9.47 Å². The first-order valence-electron chi connectivity index (χ1n) is 10.7. The van der Waals surface area contributed by atoms with Crippen LogP contribution in [0.3, 0.4) is 0 Å². The lowest BCUT2D eigenvalue weighted by atomic mass is 9.90. The largest absolute Gasteiger partial charge is 0.486 e. The number of piperidine rings is 1. The Balaban J connectivity index is 1.32. The third-order valence-electron chi connectivity index (χ3n) is 6.18. The lowest BCUT2D eigenvalue weighted by molar-refractivity contribution is -0.140. The molecule has 8 nitrogen and oxygen atoms in total. The number of carbonyl (C=O) groups excluding carboxylic acids is 2. The van der Waals surface area contributed by atoms with Gasteiger partial charge in [0.15, 0.2) is 11.5 Å². The molecule has 1 aromatic carbocycles. The van der Waals surface area contributed by atoms with E-state index in [0.717, 1.165) is 44.0 Å². The number of hydrogen-bond acceptors (Lipinski definition) is 6. The number of likely N-dealkylation sites (tertiary alicyclic amines) is 1. The summed E-state index contributed by atoms with van der Waals surface area (Å²) < 4.78 is 18.1. The van der Waals surface area contributed by atoms with Gasteiger partial charge in [-0.2, -0.15) is 0 Å². The number of carbonyl (C=O) groups is 2. The molecule has 1 aromatic rings. The van der Waals surface area contributed by atoms with Crippen molar-refractivity contribution in [2.45, 2.75) is 31.0 Å². The van der Waals surface area contributed by atoms with Gasteiger partial charge in [0.1, 0.15) is 12.7 Å². The third kappa shape index (κ3) is 4.70. The van der Waals surface area contributed by atoms with Crippen LogP contribution in [-0.4, -0.2) is 98.3 Å². The molecule has 0 aromatic heterocycles. The summed E-state index contributed by atoms with van der Waals surface area (Å²) in [7, 11) is 3.43. The number of amides is 2. The van der Waals surface area contributed by atoms with Gasteiger partial charge < -0.3 is 24.0 Å². The fraction of sp³-hybridized carbons (Fsp3) is 0.636. The van der Waals surface area contributed by atoms with Gasteiger partial charge in [-0.05, 0) is 25.0 Å². The maximum atomic E-state index is 12.5. The second-order valence-corrected chi connectivity index (χ2v) is 8.62. The summed E-state index contributed by atoms with van der Waals surface area (Å²) in [6, 6.07) is 7.76. The van der Waals surface area contributed by atoms with Crippen molar-refractivity contribution >= 4 is 11.8 Å². The average molecular weight is 418 g/mol. The molecular formula is C22H31N3O5. The second kappa shape index (κ2) is 8.81. The summed E-state index contributed by atoms with van der Waals surface area (Å²) in [6.45, 7) is 4.09. The van der Waals surface area contributed by atoms with E-state index in [2.05, 4.69) is 4.90 Å². The highest BCUT2D eigenvalue weighted by molar-refractivity contribution is 5.84. The Morgan fingerprint density at radius 3 is 2.67 bits per heavy atom. The topological polar surface area (TPSA) is 71.6 Å². The first kappa shape index (κ1) is 20.9. The predicted molar refractivity (Wildman–Crippen MR) is 111 cm³/mol. The third-order valence-corrected chi connectivity index (χ3v) is 6.18. The number of benzene rings is 1. The highest BCUT2D eigenvalue weighted by Gasteiger charge is 2.41. The van der Waals surface area contributed by atoms with Gasteiger partial charge in [0.2, 0.25) is 11.8 Å². The number of fused-ring (bicyclic) bond motifs is 1. The van der Waals surface area contributed by atoms with Crippen LogP contribution in [0.5, 0.6) is 11.5 Å². The molecule has 2 fully saturated rings. The van der Waals surface area contributed by atoms with Crippen LogP contribution in [0.1, 0.15) is 19.3 Å². The highest BCUT2D eigenvalue weighted by atomic mass is 16.6. The molecule has 8 heteroatoms. The molecule has 3 heterocycles. The molecule has 0 radical (unpaired) electrons. The molecule has 164 valence electrons. The molecule has 4 rings (SSSR count).